The average molecular weight is 383 g/mol. The molecule has 4 rings (SSSR count). The summed E-state index contributed by atoms with van der Waals surface area (Å²) in [5.41, 5.74) is 2.02. The van der Waals surface area contributed by atoms with Crippen LogP contribution in [0.3, 0.4) is 0 Å². The molecule has 0 spiro atoms. The van der Waals surface area contributed by atoms with Crippen LogP contribution in [0.2, 0.25) is 0 Å². The number of H-pyrrole nitrogens is 1. The highest BCUT2D eigenvalue weighted by atomic mass is 32.1. The molecule has 4 heterocycles. The highest BCUT2D eigenvalue weighted by Crippen LogP contribution is 2.28. The Morgan fingerprint density at radius 1 is 1.41 bits per heavy atom. The van der Waals surface area contributed by atoms with Gasteiger partial charge in [-0.05, 0) is 31.2 Å². The van der Waals surface area contributed by atoms with E-state index in [1.165, 1.54) is 6.07 Å². The highest BCUT2D eigenvalue weighted by Gasteiger charge is 2.28. The van der Waals surface area contributed by atoms with Gasteiger partial charge in [0.1, 0.15) is 5.82 Å². The van der Waals surface area contributed by atoms with Crippen LogP contribution < -0.4 is 5.56 Å². The normalized spacial score (nSPS) is 17.3. The number of aryl methyl sites for hydroxylation is 1. The van der Waals surface area contributed by atoms with Crippen LogP contribution in [-0.4, -0.2) is 43.6 Å². The van der Waals surface area contributed by atoms with E-state index in [0.29, 0.717) is 30.2 Å². The lowest BCUT2D eigenvalue weighted by molar-refractivity contribution is 0.0703. The molecule has 140 valence electrons. The van der Waals surface area contributed by atoms with Crippen LogP contribution >= 0.6 is 11.3 Å². The Morgan fingerprint density at radius 3 is 2.96 bits per heavy atom. The Hall–Kier alpha value is -2.74. The second-order valence-corrected chi connectivity index (χ2v) is 7.80. The predicted octanol–water partition coefficient (Wildman–Crippen LogP) is 2.56. The van der Waals surface area contributed by atoms with Crippen molar-refractivity contribution in [3.8, 4) is 10.6 Å². The lowest BCUT2D eigenvalue weighted by Crippen LogP contribution is -2.40. The zero-order valence-electron chi connectivity index (χ0n) is 15.3. The van der Waals surface area contributed by atoms with Crippen LogP contribution in [0, 0.1) is 6.92 Å². The summed E-state index contributed by atoms with van der Waals surface area (Å²) in [6, 6.07) is 5.43. The first-order valence-electron chi connectivity index (χ1n) is 8.96. The van der Waals surface area contributed by atoms with E-state index in [4.69, 9.17) is 0 Å². The van der Waals surface area contributed by atoms with Crippen molar-refractivity contribution in [2.24, 2.45) is 7.05 Å². The van der Waals surface area contributed by atoms with E-state index >= 15 is 0 Å². The van der Waals surface area contributed by atoms with E-state index in [1.807, 2.05) is 36.4 Å². The van der Waals surface area contributed by atoms with E-state index in [-0.39, 0.29) is 17.4 Å². The third kappa shape index (κ3) is 3.44. The van der Waals surface area contributed by atoms with Gasteiger partial charge in [-0.2, -0.15) is 5.10 Å². The average Bonchev–Trinajstić information content (AvgIpc) is 3.32. The molecule has 27 heavy (non-hydrogen) atoms. The van der Waals surface area contributed by atoms with E-state index in [2.05, 4.69) is 15.1 Å². The maximum Gasteiger partial charge on any atom is 0.257 e. The molecule has 1 atom stereocenters. The second kappa shape index (κ2) is 7.11. The third-order valence-electron chi connectivity index (χ3n) is 5.09. The van der Waals surface area contributed by atoms with Gasteiger partial charge in [0.25, 0.3) is 11.5 Å². The van der Waals surface area contributed by atoms with Crippen LogP contribution in [0.5, 0.6) is 0 Å². The number of aromatic amines is 1. The SMILES string of the molecule is Cc1c(C(=O)N2CCC[C@H](c3nc(-c4cccs4)cc(=O)[nH]3)C2)cnn1C. The lowest BCUT2D eigenvalue weighted by atomic mass is 9.96. The molecular formula is C19H21N5O2S. The van der Waals surface area contributed by atoms with Gasteiger partial charge >= 0.3 is 0 Å². The van der Waals surface area contributed by atoms with Crippen molar-refractivity contribution in [2.45, 2.75) is 25.7 Å². The second-order valence-electron chi connectivity index (χ2n) is 6.85. The first-order valence-corrected chi connectivity index (χ1v) is 9.84. The molecule has 8 heteroatoms. The van der Waals surface area contributed by atoms with Crippen LogP contribution in [0.15, 0.2) is 34.6 Å². The van der Waals surface area contributed by atoms with Crippen LogP contribution in [0.1, 0.15) is 40.6 Å². The fraction of sp³-hybridized carbons (Fsp3) is 0.368. The number of hydrogen-bond donors (Lipinski definition) is 1. The number of rotatable bonds is 3. The molecule has 0 unspecified atom stereocenters. The van der Waals surface area contributed by atoms with E-state index in [1.54, 1.807) is 22.2 Å². The molecule has 3 aromatic heterocycles. The zero-order valence-corrected chi connectivity index (χ0v) is 16.1. The number of likely N-dealkylation sites (tertiary alicyclic amines) is 1. The van der Waals surface area contributed by atoms with Gasteiger partial charge < -0.3 is 9.88 Å². The summed E-state index contributed by atoms with van der Waals surface area (Å²) in [4.78, 5) is 35.4. The fourth-order valence-corrected chi connectivity index (χ4v) is 4.17. The number of nitrogens with zero attached hydrogens (tertiary/aromatic N) is 4. The molecule has 1 amide bonds. The molecule has 0 aromatic carbocycles. The molecule has 7 nitrogen and oxygen atoms in total. The van der Waals surface area contributed by atoms with Gasteiger partial charge in [-0.1, -0.05) is 6.07 Å². The number of carbonyl (C=O) groups excluding carboxylic acids is 1. The number of piperidine rings is 1. The zero-order chi connectivity index (χ0) is 19.0. The summed E-state index contributed by atoms with van der Waals surface area (Å²) in [6.45, 7) is 3.15. The first-order chi connectivity index (χ1) is 13.0. The van der Waals surface area contributed by atoms with Crippen molar-refractivity contribution in [1.82, 2.24) is 24.6 Å². The standard InChI is InChI=1S/C19H21N5O2S/c1-12-14(10-20-23(12)2)19(26)24-7-3-5-13(11-24)18-21-15(9-17(25)22-18)16-6-4-8-27-16/h4,6,8-10,13H,3,5,7,11H2,1-2H3,(H,21,22,25)/t13-/m0/s1. The lowest BCUT2D eigenvalue weighted by Gasteiger charge is -2.32. The van der Waals surface area contributed by atoms with Gasteiger partial charge in [-0.25, -0.2) is 4.98 Å². The summed E-state index contributed by atoms with van der Waals surface area (Å²) in [5.74, 6) is 0.667. The Morgan fingerprint density at radius 2 is 2.26 bits per heavy atom. The molecule has 0 radical (unpaired) electrons. The number of nitrogens with one attached hydrogen (secondary N) is 1. The minimum Gasteiger partial charge on any atom is -0.338 e. The molecular weight excluding hydrogens is 362 g/mol. The van der Waals surface area contributed by atoms with Crippen LogP contribution in [0.25, 0.3) is 10.6 Å². The Bertz CT molecular complexity index is 1020. The predicted molar refractivity (Wildman–Crippen MR) is 104 cm³/mol. The monoisotopic (exact) mass is 383 g/mol. The summed E-state index contributed by atoms with van der Waals surface area (Å²) < 4.78 is 1.71. The molecule has 0 aliphatic carbocycles. The quantitative estimate of drug-likeness (QED) is 0.753. The minimum atomic E-state index is -0.157. The summed E-state index contributed by atoms with van der Waals surface area (Å²) in [5, 5.41) is 6.14. The smallest absolute Gasteiger partial charge is 0.257 e. The Labute approximate surface area is 160 Å². The third-order valence-corrected chi connectivity index (χ3v) is 5.99. The first kappa shape index (κ1) is 17.7. The molecule has 0 bridgehead atoms. The molecule has 3 aromatic rings. The maximum absolute atomic E-state index is 12.9. The largest absolute Gasteiger partial charge is 0.338 e. The van der Waals surface area contributed by atoms with Crippen LogP contribution in [0.4, 0.5) is 0 Å². The van der Waals surface area contributed by atoms with Gasteiger partial charge in [0.05, 0.1) is 22.3 Å². The number of carbonyl (C=O) groups is 1. The molecule has 1 N–H and O–H groups in total. The van der Waals surface area contributed by atoms with E-state index < -0.39 is 0 Å². The van der Waals surface area contributed by atoms with Crippen molar-refractivity contribution in [3.63, 3.8) is 0 Å². The van der Waals surface area contributed by atoms with Crippen molar-refractivity contribution in [1.29, 1.82) is 0 Å². The molecule has 1 aliphatic rings. The van der Waals surface area contributed by atoms with Gasteiger partial charge in [-0.3, -0.25) is 14.3 Å². The number of hydrogen-bond acceptors (Lipinski definition) is 5. The van der Waals surface area contributed by atoms with Crippen molar-refractivity contribution in [3.05, 3.63) is 57.2 Å². The van der Waals surface area contributed by atoms with Gasteiger partial charge in [0, 0.05) is 37.8 Å². The fourth-order valence-electron chi connectivity index (χ4n) is 3.48. The summed E-state index contributed by atoms with van der Waals surface area (Å²) in [6.07, 6.45) is 3.40. The Kier molecular flexibility index (Phi) is 4.65. The topological polar surface area (TPSA) is 83.9 Å². The summed E-state index contributed by atoms with van der Waals surface area (Å²) in [7, 11) is 1.83. The minimum absolute atomic E-state index is 0.0120. The van der Waals surface area contributed by atoms with Crippen molar-refractivity contribution < 1.29 is 4.79 Å². The molecule has 1 aliphatic heterocycles. The van der Waals surface area contributed by atoms with Crippen molar-refractivity contribution in [2.75, 3.05) is 13.1 Å². The van der Waals surface area contributed by atoms with E-state index in [0.717, 1.165) is 23.4 Å². The highest BCUT2D eigenvalue weighted by molar-refractivity contribution is 7.13. The maximum atomic E-state index is 12.9. The van der Waals surface area contributed by atoms with Crippen molar-refractivity contribution >= 4 is 17.2 Å². The number of thiophene rings is 1. The van der Waals surface area contributed by atoms with Crippen LogP contribution in [-0.2, 0) is 7.05 Å². The van der Waals surface area contributed by atoms with Gasteiger partial charge in [-0.15, -0.1) is 11.3 Å². The molecule has 0 saturated carbocycles. The molecule has 1 fully saturated rings. The van der Waals surface area contributed by atoms with Gasteiger partial charge in [0.2, 0.25) is 0 Å². The number of aromatic nitrogens is 4. The summed E-state index contributed by atoms with van der Waals surface area (Å²) >= 11 is 1.56. The Balaban J connectivity index is 1.59. The molecule has 1 saturated heterocycles. The number of amides is 1. The van der Waals surface area contributed by atoms with Gasteiger partial charge in [0.15, 0.2) is 0 Å². The van der Waals surface area contributed by atoms with E-state index in [9.17, 15) is 9.59 Å².